The van der Waals surface area contributed by atoms with Gasteiger partial charge in [-0.25, -0.2) is 0 Å². The topological polar surface area (TPSA) is 0 Å². The van der Waals surface area contributed by atoms with Gasteiger partial charge in [-0.05, 0) is 0 Å². The lowest BCUT2D eigenvalue weighted by Gasteiger charge is -2.29. The molecule has 0 saturated heterocycles. The molecule has 0 aromatic heterocycles. The third-order valence-corrected chi connectivity index (χ3v) is 1.72. The first-order chi connectivity index (χ1) is 5.86. The third kappa shape index (κ3) is 1.90. The quantitative estimate of drug-likeness (QED) is 0.577. The first kappa shape index (κ1) is 10.2. The Labute approximate surface area is 77.0 Å². The summed E-state index contributed by atoms with van der Waals surface area (Å²) in [5.41, 5.74) is -0.150. The minimum atomic E-state index is -4.64. The van der Waals surface area contributed by atoms with Gasteiger partial charge >= 0.3 is 6.18 Å². The van der Waals surface area contributed by atoms with E-state index in [1.54, 1.807) is 6.07 Å². The summed E-state index contributed by atoms with van der Waals surface area (Å²) in [4.78, 5) is 0. The van der Waals surface area contributed by atoms with E-state index in [-0.39, 0.29) is 5.56 Å². The Bertz CT molecular complexity index is 279. The van der Waals surface area contributed by atoms with Crippen molar-refractivity contribution in [2.45, 2.75) is 11.4 Å². The number of rotatable bonds is 1. The van der Waals surface area contributed by atoms with Gasteiger partial charge in [0.25, 0.3) is 0 Å². The van der Waals surface area contributed by atoms with Crippen LogP contribution in [0.15, 0.2) is 30.3 Å². The number of halogens is 3. The van der Waals surface area contributed by atoms with E-state index in [1.165, 1.54) is 24.3 Å². The summed E-state index contributed by atoms with van der Waals surface area (Å²) in [6.07, 6.45) is -4.64. The van der Waals surface area contributed by atoms with Crippen LogP contribution in [0.1, 0.15) is 5.56 Å². The molecule has 0 heterocycles. The first-order valence-electron chi connectivity index (χ1n) is 3.55. The van der Waals surface area contributed by atoms with Crippen molar-refractivity contribution in [3.8, 4) is 0 Å². The molecule has 4 radical (unpaired) electrons. The van der Waals surface area contributed by atoms with Gasteiger partial charge in [0.05, 0.1) is 15.7 Å². The van der Waals surface area contributed by atoms with E-state index in [1.807, 2.05) is 0 Å². The lowest BCUT2D eigenvalue weighted by molar-refractivity contribution is -0.143. The molecule has 0 fully saturated rings. The van der Waals surface area contributed by atoms with Gasteiger partial charge in [0, 0.05) is 5.21 Å². The largest absolute Gasteiger partial charge is 0.383 e. The maximum Gasteiger partial charge on any atom is 0.383 e. The normalized spacial score (nSPS) is 12.8. The van der Waals surface area contributed by atoms with Crippen LogP contribution in [0, 0.1) is 0 Å². The van der Waals surface area contributed by atoms with Crippen molar-refractivity contribution in [3.05, 3.63) is 35.9 Å². The van der Waals surface area contributed by atoms with Gasteiger partial charge in [-0.1, -0.05) is 35.9 Å². The highest BCUT2D eigenvalue weighted by molar-refractivity contribution is 6.40. The predicted molar refractivity (Wildman–Crippen MR) is 45.7 cm³/mol. The molecule has 0 aliphatic heterocycles. The minimum absolute atomic E-state index is 0.150. The van der Waals surface area contributed by atoms with Crippen molar-refractivity contribution in [1.82, 2.24) is 0 Å². The Hall–Kier alpha value is -0.860. The summed E-state index contributed by atoms with van der Waals surface area (Å²) >= 11 is 0. The van der Waals surface area contributed by atoms with Gasteiger partial charge in [0.1, 0.15) is 0 Å². The molecule has 0 unspecified atom stereocenters. The molecule has 1 aromatic carbocycles. The summed E-state index contributed by atoms with van der Waals surface area (Å²) in [6.45, 7) is 0. The molecular weight excluding hydrogens is 175 g/mol. The van der Waals surface area contributed by atoms with Crippen LogP contribution in [0.25, 0.3) is 0 Å². The molecule has 1 rings (SSSR count). The molecule has 0 saturated carbocycles. The molecule has 1 aromatic rings. The van der Waals surface area contributed by atoms with E-state index >= 15 is 0 Å². The van der Waals surface area contributed by atoms with Crippen LogP contribution in [0.4, 0.5) is 13.2 Å². The van der Waals surface area contributed by atoms with Crippen LogP contribution in [0.2, 0.25) is 0 Å². The average molecular weight is 180 g/mol. The zero-order valence-electron chi connectivity index (χ0n) is 6.68. The first-order valence-corrected chi connectivity index (χ1v) is 3.55. The monoisotopic (exact) mass is 180 g/mol. The summed E-state index contributed by atoms with van der Waals surface area (Å²) in [6, 6.07) is 6.99. The van der Waals surface area contributed by atoms with Crippen molar-refractivity contribution in [2.24, 2.45) is 0 Å². The number of benzene rings is 1. The highest BCUT2D eigenvalue weighted by atomic mass is 19.4. The van der Waals surface area contributed by atoms with Gasteiger partial charge in [-0.15, -0.1) is 0 Å². The molecule has 64 valence electrons. The van der Waals surface area contributed by atoms with Crippen molar-refractivity contribution in [2.75, 3.05) is 0 Å². The number of hydrogen-bond donors (Lipinski definition) is 0. The van der Waals surface area contributed by atoms with E-state index in [0.717, 1.165) is 0 Å². The molecule has 5 heteroatoms. The Morgan fingerprint density at radius 2 is 1.38 bits per heavy atom. The molecule has 0 nitrogen and oxygen atoms in total. The highest BCUT2D eigenvalue weighted by Crippen LogP contribution is 2.35. The predicted octanol–water partition coefficient (Wildman–Crippen LogP) is 1.74. The van der Waals surface area contributed by atoms with Crippen molar-refractivity contribution < 1.29 is 13.2 Å². The molecule has 0 aliphatic rings. The molecular formula is C8H5B2F3. The number of alkyl halides is 3. The average Bonchev–Trinajstić information content (AvgIpc) is 2.04. The molecule has 0 spiro atoms. The fraction of sp³-hybridized carbons (Fsp3) is 0.250. The van der Waals surface area contributed by atoms with Gasteiger partial charge in [-0.2, -0.15) is 13.2 Å². The van der Waals surface area contributed by atoms with Gasteiger partial charge in [0.15, 0.2) is 0 Å². The second-order valence-corrected chi connectivity index (χ2v) is 2.73. The molecule has 0 N–H and O–H groups in total. The Balaban J connectivity index is 3.08. The molecule has 0 aliphatic carbocycles. The summed E-state index contributed by atoms with van der Waals surface area (Å²) in [5.74, 6) is 0. The van der Waals surface area contributed by atoms with E-state index in [2.05, 4.69) is 0 Å². The van der Waals surface area contributed by atoms with Crippen LogP contribution in [-0.4, -0.2) is 21.9 Å². The SMILES string of the molecule is [B]C([B])(c1ccccc1)C(F)(F)F. The second-order valence-electron chi connectivity index (χ2n) is 2.73. The van der Waals surface area contributed by atoms with Crippen LogP contribution in [-0.2, 0) is 5.21 Å². The zero-order valence-corrected chi connectivity index (χ0v) is 6.68. The standard InChI is InChI=1S/C8H5B2F3/c9-7(10,8(11,12)13)6-4-2-1-3-5-6/h1-5H. The van der Waals surface area contributed by atoms with E-state index in [0.29, 0.717) is 0 Å². The fourth-order valence-electron chi connectivity index (χ4n) is 0.878. The van der Waals surface area contributed by atoms with E-state index in [4.69, 9.17) is 15.7 Å². The van der Waals surface area contributed by atoms with E-state index in [9.17, 15) is 13.2 Å². The van der Waals surface area contributed by atoms with E-state index < -0.39 is 11.4 Å². The van der Waals surface area contributed by atoms with Crippen LogP contribution in [0.5, 0.6) is 0 Å². The summed E-state index contributed by atoms with van der Waals surface area (Å²) in [5, 5.41) is -2.77. The van der Waals surface area contributed by atoms with Crippen molar-refractivity contribution in [1.29, 1.82) is 0 Å². The minimum Gasteiger partial charge on any atom is -0.172 e. The Morgan fingerprint density at radius 3 is 1.77 bits per heavy atom. The number of hydrogen-bond acceptors (Lipinski definition) is 0. The van der Waals surface area contributed by atoms with Crippen molar-refractivity contribution >= 4 is 15.7 Å². The summed E-state index contributed by atoms with van der Waals surface area (Å²) < 4.78 is 36.8. The molecule has 13 heavy (non-hydrogen) atoms. The Kier molecular flexibility index (Phi) is 2.46. The maximum absolute atomic E-state index is 12.3. The molecule has 0 bridgehead atoms. The lowest BCUT2D eigenvalue weighted by Crippen LogP contribution is -2.43. The summed E-state index contributed by atoms with van der Waals surface area (Å²) in [7, 11) is 9.94. The molecule has 0 amide bonds. The van der Waals surface area contributed by atoms with Crippen LogP contribution < -0.4 is 0 Å². The fourth-order valence-corrected chi connectivity index (χ4v) is 0.878. The van der Waals surface area contributed by atoms with Gasteiger partial charge in [-0.3, -0.25) is 0 Å². The zero-order chi connectivity index (χ0) is 10.1. The van der Waals surface area contributed by atoms with Gasteiger partial charge in [0.2, 0.25) is 0 Å². The van der Waals surface area contributed by atoms with Crippen LogP contribution >= 0.6 is 0 Å². The lowest BCUT2D eigenvalue weighted by atomic mass is 9.50. The Morgan fingerprint density at radius 1 is 0.923 bits per heavy atom. The van der Waals surface area contributed by atoms with Crippen molar-refractivity contribution in [3.63, 3.8) is 0 Å². The maximum atomic E-state index is 12.3. The smallest absolute Gasteiger partial charge is 0.172 e. The highest BCUT2D eigenvalue weighted by Gasteiger charge is 2.46. The van der Waals surface area contributed by atoms with Gasteiger partial charge < -0.3 is 0 Å². The van der Waals surface area contributed by atoms with Crippen LogP contribution in [0.3, 0.4) is 0 Å². The second kappa shape index (κ2) is 3.13. The third-order valence-electron chi connectivity index (χ3n) is 1.72. The molecule has 0 atom stereocenters.